The summed E-state index contributed by atoms with van der Waals surface area (Å²) in [5.41, 5.74) is 0. The first-order chi connectivity index (χ1) is 9.54. The molecular formula is C12H20N4O3S. The molecule has 1 aliphatic rings. The Hall–Kier alpha value is -1.25. The fraction of sp³-hybridized carbons (Fsp3) is 0.667. The predicted octanol–water partition coefficient (Wildman–Crippen LogP) is 0.444. The van der Waals surface area contributed by atoms with Gasteiger partial charge >= 0.3 is 0 Å². The van der Waals surface area contributed by atoms with Gasteiger partial charge in [-0.25, -0.2) is 18.4 Å². The number of hydrogen-bond donors (Lipinski definition) is 2. The number of sulfonamides is 1. The molecule has 2 heterocycles. The molecule has 0 spiro atoms. The molecule has 2 rings (SSSR count). The highest BCUT2D eigenvalue weighted by Gasteiger charge is 2.29. The fourth-order valence-electron chi connectivity index (χ4n) is 2.01. The summed E-state index contributed by atoms with van der Waals surface area (Å²) in [6, 6.07) is 0. The zero-order valence-corrected chi connectivity index (χ0v) is 12.3. The summed E-state index contributed by atoms with van der Waals surface area (Å²) in [4.78, 5) is 8.12. The standard InChI is InChI=1S/C12H20N4O3S/c1-2-5-13-12-14-8-11(9-15-12)20(18,19)16-6-3-10(17)4-7-16/h8-10,17H,2-7H2,1H3,(H,13,14,15). The van der Waals surface area contributed by atoms with Crippen LogP contribution in [0, 0.1) is 0 Å². The van der Waals surface area contributed by atoms with Crippen LogP contribution in [0.5, 0.6) is 0 Å². The van der Waals surface area contributed by atoms with E-state index in [2.05, 4.69) is 15.3 Å². The highest BCUT2D eigenvalue weighted by atomic mass is 32.2. The highest BCUT2D eigenvalue weighted by molar-refractivity contribution is 7.89. The van der Waals surface area contributed by atoms with Crippen molar-refractivity contribution >= 4 is 16.0 Å². The van der Waals surface area contributed by atoms with Crippen LogP contribution in [0.4, 0.5) is 5.95 Å². The van der Waals surface area contributed by atoms with Gasteiger partial charge in [0.1, 0.15) is 4.90 Å². The van der Waals surface area contributed by atoms with E-state index in [1.807, 2.05) is 6.92 Å². The van der Waals surface area contributed by atoms with Crippen molar-refractivity contribution in [3.63, 3.8) is 0 Å². The van der Waals surface area contributed by atoms with E-state index in [9.17, 15) is 13.5 Å². The third kappa shape index (κ3) is 3.44. The van der Waals surface area contributed by atoms with Gasteiger partial charge in [-0.2, -0.15) is 4.31 Å². The number of aliphatic hydroxyl groups is 1. The molecule has 20 heavy (non-hydrogen) atoms. The molecule has 0 bridgehead atoms. The Labute approximate surface area is 119 Å². The predicted molar refractivity (Wildman–Crippen MR) is 74.8 cm³/mol. The van der Waals surface area contributed by atoms with Crippen molar-refractivity contribution in [2.75, 3.05) is 25.0 Å². The zero-order chi connectivity index (χ0) is 14.6. The van der Waals surface area contributed by atoms with Crippen molar-refractivity contribution in [2.45, 2.75) is 37.2 Å². The van der Waals surface area contributed by atoms with Crippen LogP contribution in [-0.2, 0) is 10.0 Å². The van der Waals surface area contributed by atoms with Gasteiger partial charge in [0.25, 0.3) is 0 Å². The summed E-state index contributed by atoms with van der Waals surface area (Å²) in [6.45, 7) is 3.44. The number of piperidine rings is 1. The Bertz CT molecular complexity index is 524. The molecule has 7 nitrogen and oxygen atoms in total. The van der Waals surface area contributed by atoms with Gasteiger partial charge in [-0.05, 0) is 19.3 Å². The molecule has 1 saturated heterocycles. The molecule has 0 unspecified atom stereocenters. The van der Waals surface area contributed by atoms with Gasteiger partial charge in [-0.15, -0.1) is 0 Å². The summed E-state index contributed by atoms with van der Waals surface area (Å²) in [6.07, 6.45) is 4.13. The van der Waals surface area contributed by atoms with Crippen LogP contribution in [0.15, 0.2) is 17.3 Å². The molecule has 112 valence electrons. The molecule has 1 aliphatic heterocycles. The van der Waals surface area contributed by atoms with Gasteiger partial charge in [0, 0.05) is 19.6 Å². The number of aliphatic hydroxyl groups excluding tert-OH is 1. The minimum absolute atomic E-state index is 0.0935. The van der Waals surface area contributed by atoms with Crippen LogP contribution in [-0.4, -0.2) is 53.5 Å². The Kier molecular flexibility index (Phi) is 4.90. The van der Waals surface area contributed by atoms with Crippen LogP contribution >= 0.6 is 0 Å². The second-order valence-corrected chi connectivity index (χ2v) is 6.74. The maximum atomic E-state index is 12.4. The van der Waals surface area contributed by atoms with Crippen LogP contribution in [0.2, 0.25) is 0 Å². The summed E-state index contributed by atoms with van der Waals surface area (Å²) in [5.74, 6) is 0.430. The topological polar surface area (TPSA) is 95.4 Å². The normalized spacial score (nSPS) is 18.1. The van der Waals surface area contributed by atoms with Gasteiger partial charge < -0.3 is 10.4 Å². The molecule has 0 saturated carbocycles. The van der Waals surface area contributed by atoms with Crippen molar-refractivity contribution in [3.8, 4) is 0 Å². The molecule has 0 atom stereocenters. The lowest BCUT2D eigenvalue weighted by Crippen LogP contribution is -2.40. The van der Waals surface area contributed by atoms with Crippen molar-refractivity contribution in [2.24, 2.45) is 0 Å². The van der Waals surface area contributed by atoms with Crippen molar-refractivity contribution in [1.82, 2.24) is 14.3 Å². The smallest absolute Gasteiger partial charge is 0.246 e. The third-order valence-corrected chi connectivity index (χ3v) is 5.07. The molecule has 1 aromatic heterocycles. The van der Waals surface area contributed by atoms with Crippen LogP contribution < -0.4 is 5.32 Å². The number of rotatable bonds is 5. The SMILES string of the molecule is CCCNc1ncc(S(=O)(=O)N2CCC(O)CC2)cn1. The monoisotopic (exact) mass is 300 g/mol. The lowest BCUT2D eigenvalue weighted by molar-refractivity contribution is 0.113. The molecule has 0 aliphatic carbocycles. The number of hydrogen-bond acceptors (Lipinski definition) is 6. The van der Waals surface area contributed by atoms with Gasteiger partial charge in [-0.3, -0.25) is 0 Å². The molecule has 0 amide bonds. The summed E-state index contributed by atoms with van der Waals surface area (Å²) in [7, 11) is -3.55. The van der Waals surface area contributed by atoms with Crippen LogP contribution in [0.3, 0.4) is 0 Å². The van der Waals surface area contributed by atoms with E-state index >= 15 is 0 Å². The van der Waals surface area contributed by atoms with E-state index in [0.717, 1.165) is 13.0 Å². The minimum atomic E-state index is -3.55. The molecule has 0 radical (unpaired) electrons. The van der Waals surface area contributed by atoms with E-state index in [1.165, 1.54) is 16.7 Å². The molecule has 2 N–H and O–H groups in total. The number of aromatic nitrogens is 2. The molecule has 0 aromatic carbocycles. The summed E-state index contributed by atoms with van der Waals surface area (Å²) in [5, 5.41) is 12.4. The molecule has 1 fully saturated rings. The van der Waals surface area contributed by atoms with E-state index in [4.69, 9.17) is 0 Å². The van der Waals surface area contributed by atoms with E-state index in [-0.39, 0.29) is 4.90 Å². The van der Waals surface area contributed by atoms with Crippen LogP contribution in [0.25, 0.3) is 0 Å². The third-order valence-electron chi connectivity index (χ3n) is 3.22. The van der Waals surface area contributed by atoms with Crippen LogP contribution in [0.1, 0.15) is 26.2 Å². The second kappa shape index (κ2) is 6.47. The van der Waals surface area contributed by atoms with Gasteiger partial charge in [0.2, 0.25) is 16.0 Å². The largest absolute Gasteiger partial charge is 0.393 e. The summed E-state index contributed by atoms with van der Waals surface area (Å²) < 4.78 is 26.1. The number of nitrogens with one attached hydrogen (secondary N) is 1. The Morgan fingerprint density at radius 1 is 1.35 bits per heavy atom. The molecular weight excluding hydrogens is 280 g/mol. The van der Waals surface area contributed by atoms with Gasteiger partial charge in [0.15, 0.2) is 0 Å². The quantitative estimate of drug-likeness (QED) is 0.819. The average Bonchev–Trinajstić information content (AvgIpc) is 2.46. The Morgan fingerprint density at radius 2 is 1.95 bits per heavy atom. The number of anilines is 1. The Balaban J connectivity index is 2.09. The minimum Gasteiger partial charge on any atom is -0.393 e. The maximum Gasteiger partial charge on any atom is 0.246 e. The first kappa shape index (κ1) is 15.1. The second-order valence-electron chi connectivity index (χ2n) is 4.80. The first-order valence-electron chi connectivity index (χ1n) is 6.78. The van der Waals surface area contributed by atoms with Crippen molar-refractivity contribution < 1.29 is 13.5 Å². The lowest BCUT2D eigenvalue weighted by Gasteiger charge is -2.28. The number of nitrogens with zero attached hydrogens (tertiary/aromatic N) is 3. The average molecular weight is 300 g/mol. The first-order valence-corrected chi connectivity index (χ1v) is 8.22. The van der Waals surface area contributed by atoms with Crippen molar-refractivity contribution in [1.29, 1.82) is 0 Å². The molecule has 1 aromatic rings. The van der Waals surface area contributed by atoms with E-state index in [1.54, 1.807) is 0 Å². The van der Waals surface area contributed by atoms with Crippen molar-refractivity contribution in [3.05, 3.63) is 12.4 Å². The highest BCUT2D eigenvalue weighted by Crippen LogP contribution is 2.20. The Morgan fingerprint density at radius 3 is 2.50 bits per heavy atom. The summed E-state index contributed by atoms with van der Waals surface area (Å²) >= 11 is 0. The van der Waals surface area contributed by atoms with E-state index < -0.39 is 16.1 Å². The van der Waals surface area contributed by atoms with Gasteiger partial charge in [-0.1, -0.05) is 6.92 Å². The lowest BCUT2D eigenvalue weighted by atomic mass is 10.1. The fourth-order valence-corrected chi connectivity index (χ4v) is 3.37. The maximum absolute atomic E-state index is 12.4. The zero-order valence-electron chi connectivity index (χ0n) is 11.5. The van der Waals surface area contributed by atoms with E-state index in [0.29, 0.717) is 31.9 Å². The van der Waals surface area contributed by atoms with Gasteiger partial charge in [0.05, 0.1) is 18.5 Å². The molecule has 8 heteroatoms.